The van der Waals surface area contributed by atoms with Crippen LogP contribution in [0.2, 0.25) is 0 Å². The largest absolute Gasteiger partial charge is 0.481 e. The molecule has 2 fully saturated rings. The fourth-order valence-corrected chi connectivity index (χ4v) is 3.53. The highest BCUT2D eigenvalue weighted by Gasteiger charge is 2.29. The van der Waals surface area contributed by atoms with Crippen molar-refractivity contribution in [2.75, 3.05) is 19.7 Å². The average Bonchev–Trinajstić information content (AvgIpc) is 2.54. The zero-order valence-corrected chi connectivity index (χ0v) is 14.3. The van der Waals surface area contributed by atoms with Gasteiger partial charge in [-0.15, -0.1) is 0 Å². The van der Waals surface area contributed by atoms with E-state index in [4.69, 9.17) is 9.84 Å². The third-order valence-corrected chi connectivity index (χ3v) is 4.80. The van der Waals surface area contributed by atoms with Crippen LogP contribution in [0.25, 0.3) is 0 Å². The minimum absolute atomic E-state index is 0.0712. The molecule has 0 aromatic carbocycles. The van der Waals surface area contributed by atoms with E-state index in [2.05, 4.69) is 5.32 Å². The van der Waals surface area contributed by atoms with Gasteiger partial charge in [0.25, 0.3) is 0 Å². The van der Waals surface area contributed by atoms with Crippen molar-refractivity contribution in [3.63, 3.8) is 0 Å². The molecule has 0 radical (unpaired) electrons. The lowest BCUT2D eigenvalue weighted by Gasteiger charge is -2.34. The molecule has 2 aliphatic rings. The van der Waals surface area contributed by atoms with E-state index in [-0.39, 0.29) is 24.8 Å². The molecule has 2 N–H and O–H groups in total. The molecule has 2 unspecified atom stereocenters. The van der Waals surface area contributed by atoms with Gasteiger partial charge in [-0.05, 0) is 25.7 Å². The molecule has 0 bridgehead atoms. The van der Waals surface area contributed by atoms with Gasteiger partial charge < -0.3 is 20.1 Å². The molecule has 2 rings (SSSR count). The zero-order chi connectivity index (χ0) is 17.5. The quantitative estimate of drug-likeness (QED) is 0.756. The molecular weight excluding hydrogens is 312 g/mol. The molecule has 2 amide bonds. The predicted octanol–water partition coefficient (Wildman–Crippen LogP) is 1.16. The SMILES string of the molecule is CC(NC(=O)CC1CCCCC1)C(=O)N1CCOC(CC(=O)O)C1. The van der Waals surface area contributed by atoms with Crippen molar-refractivity contribution in [1.82, 2.24) is 10.2 Å². The maximum Gasteiger partial charge on any atom is 0.306 e. The highest BCUT2D eigenvalue weighted by Crippen LogP contribution is 2.26. The fourth-order valence-electron chi connectivity index (χ4n) is 3.53. The van der Waals surface area contributed by atoms with Gasteiger partial charge in [-0.3, -0.25) is 14.4 Å². The first-order valence-electron chi connectivity index (χ1n) is 8.87. The Balaban J connectivity index is 1.77. The summed E-state index contributed by atoms with van der Waals surface area (Å²) < 4.78 is 5.37. The highest BCUT2D eigenvalue weighted by molar-refractivity contribution is 5.87. The summed E-state index contributed by atoms with van der Waals surface area (Å²) in [5.74, 6) is -0.753. The first-order valence-corrected chi connectivity index (χ1v) is 8.87. The maximum atomic E-state index is 12.5. The third-order valence-electron chi connectivity index (χ3n) is 4.80. The van der Waals surface area contributed by atoms with Crippen LogP contribution < -0.4 is 5.32 Å². The molecule has 1 aliphatic carbocycles. The number of morpholine rings is 1. The number of nitrogens with zero attached hydrogens (tertiary/aromatic N) is 1. The summed E-state index contributed by atoms with van der Waals surface area (Å²) >= 11 is 0. The Labute approximate surface area is 142 Å². The van der Waals surface area contributed by atoms with Gasteiger partial charge in [0, 0.05) is 19.5 Å². The Hall–Kier alpha value is -1.63. The number of hydrogen-bond donors (Lipinski definition) is 2. The maximum absolute atomic E-state index is 12.5. The van der Waals surface area contributed by atoms with E-state index < -0.39 is 18.1 Å². The van der Waals surface area contributed by atoms with Crippen LogP contribution in [0.15, 0.2) is 0 Å². The molecule has 0 aromatic rings. The van der Waals surface area contributed by atoms with Crippen LogP contribution in [-0.4, -0.2) is 59.6 Å². The van der Waals surface area contributed by atoms with Gasteiger partial charge in [0.05, 0.1) is 19.1 Å². The summed E-state index contributed by atoms with van der Waals surface area (Å²) in [4.78, 5) is 37.0. The van der Waals surface area contributed by atoms with Gasteiger partial charge >= 0.3 is 5.97 Å². The number of hydrogen-bond acceptors (Lipinski definition) is 4. The summed E-state index contributed by atoms with van der Waals surface area (Å²) in [6.45, 7) is 2.70. The van der Waals surface area contributed by atoms with Crippen molar-refractivity contribution in [1.29, 1.82) is 0 Å². The monoisotopic (exact) mass is 340 g/mol. The summed E-state index contributed by atoms with van der Waals surface area (Å²) in [5, 5.41) is 11.6. The Morgan fingerprint density at radius 1 is 1.21 bits per heavy atom. The van der Waals surface area contributed by atoms with Gasteiger partial charge in [-0.1, -0.05) is 19.3 Å². The van der Waals surface area contributed by atoms with Crippen molar-refractivity contribution in [3.05, 3.63) is 0 Å². The van der Waals surface area contributed by atoms with E-state index in [0.29, 0.717) is 25.5 Å². The lowest BCUT2D eigenvalue weighted by molar-refractivity contribution is -0.149. The molecule has 1 heterocycles. The number of aliphatic carboxylic acids is 1. The van der Waals surface area contributed by atoms with Crippen molar-refractivity contribution < 1.29 is 24.2 Å². The van der Waals surface area contributed by atoms with Gasteiger partial charge in [0.2, 0.25) is 11.8 Å². The molecule has 7 nitrogen and oxygen atoms in total. The normalized spacial score (nSPS) is 23.5. The predicted molar refractivity (Wildman–Crippen MR) is 87.4 cm³/mol. The average molecular weight is 340 g/mol. The van der Waals surface area contributed by atoms with Crippen molar-refractivity contribution in [2.24, 2.45) is 5.92 Å². The molecule has 0 aromatic heterocycles. The lowest BCUT2D eigenvalue weighted by Crippen LogP contribution is -2.53. The van der Waals surface area contributed by atoms with Gasteiger partial charge in [-0.2, -0.15) is 0 Å². The Bertz CT molecular complexity index is 462. The number of ether oxygens (including phenoxy) is 1. The Morgan fingerprint density at radius 3 is 2.58 bits per heavy atom. The molecule has 1 saturated heterocycles. The number of carboxylic acids is 1. The second-order valence-electron chi connectivity index (χ2n) is 6.87. The van der Waals surface area contributed by atoms with Crippen LogP contribution in [0.1, 0.15) is 51.9 Å². The van der Waals surface area contributed by atoms with Crippen LogP contribution in [0, 0.1) is 5.92 Å². The van der Waals surface area contributed by atoms with Gasteiger partial charge in [-0.25, -0.2) is 0 Å². The Kier molecular flexibility index (Phi) is 7.02. The van der Waals surface area contributed by atoms with E-state index in [9.17, 15) is 14.4 Å². The van der Waals surface area contributed by atoms with E-state index >= 15 is 0 Å². The summed E-state index contributed by atoms with van der Waals surface area (Å²) in [6.07, 6.45) is 5.70. The smallest absolute Gasteiger partial charge is 0.306 e. The number of amides is 2. The Morgan fingerprint density at radius 2 is 1.92 bits per heavy atom. The van der Waals surface area contributed by atoms with Crippen molar-refractivity contribution in [2.45, 2.75) is 64.0 Å². The second-order valence-corrected chi connectivity index (χ2v) is 6.87. The molecule has 1 saturated carbocycles. The molecular formula is C17H28N2O5. The first-order chi connectivity index (χ1) is 11.5. The standard InChI is InChI=1S/C17H28N2O5/c1-12(18-15(20)9-13-5-3-2-4-6-13)17(23)19-7-8-24-14(11-19)10-16(21)22/h12-14H,2-11H2,1H3,(H,18,20)(H,21,22). The van der Waals surface area contributed by atoms with Crippen molar-refractivity contribution in [3.8, 4) is 0 Å². The van der Waals surface area contributed by atoms with Crippen molar-refractivity contribution >= 4 is 17.8 Å². The number of rotatable bonds is 6. The molecule has 2 atom stereocenters. The first kappa shape index (κ1) is 18.7. The number of carboxylic acid groups (broad SMARTS) is 1. The van der Waals surface area contributed by atoms with Crippen LogP contribution in [0.4, 0.5) is 0 Å². The van der Waals surface area contributed by atoms with Crippen LogP contribution in [-0.2, 0) is 19.1 Å². The summed E-state index contributed by atoms with van der Waals surface area (Å²) in [6, 6.07) is -0.593. The topological polar surface area (TPSA) is 95.9 Å². The lowest BCUT2D eigenvalue weighted by atomic mass is 9.87. The van der Waals surface area contributed by atoms with Gasteiger partial charge in [0.1, 0.15) is 6.04 Å². The van der Waals surface area contributed by atoms with E-state index in [1.165, 1.54) is 19.3 Å². The number of nitrogens with one attached hydrogen (secondary N) is 1. The third kappa shape index (κ3) is 5.78. The minimum atomic E-state index is -0.942. The van der Waals surface area contributed by atoms with E-state index in [1.54, 1.807) is 11.8 Å². The van der Waals surface area contributed by atoms with Crippen LogP contribution in [0.3, 0.4) is 0 Å². The summed E-state index contributed by atoms with van der Waals surface area (Å²) in [7, 11) is 0. The molecule has 0 spiro atoms. The van der Waals surface area contributed by atoms with Gasteiger partial charge in [0.15, 0.2) is 0 Å². The highest BCUT2D eigenvalue weighted by atomic mass is 16.5. The molecule has 24 heavy (non-hydrogen) atoms. The number of carbonyl (C=O) groups excluding carboxylic acids is 2. The van der Waals surface area contributed by atoms with E-state index in [0.717, 1.165) is 12.8 Å². The molecule has 7 heteroatoms. The zero-order valence-electron chi connectivity index (χ0n) is 14.3. The van der Waals surface area contributed by atoms with Crippen LogP contribution in [0.5, 0.6) is 0 Å². The second kappa shape index (κ2) is 9.01. The summed E-state index contributed by atoms with van der Waals surface area (Å²) in [5.41, 5.74) is 0. The number of carbonyl (C=O) groups is 3. The molecule has 1 aliphatic heterocycles. The minimum Gasteiger partial charge on any atom is -0.481 e. The fraction of sp³-hybridized carbons (Fsp3) is 0.824. The molecule has 136 valence electrons. The van der Waals surface area contributed by atoms with Crippen LogP contribution >= 0.6 is 0 Å². The van der Waals surface area contributed by atoms with E-state index in [1.807, 2.05) is 0 Å².